The maximum atomic E-state index is 10.6. The number of hydrogen-bond acceptors (Lipinski definition) is 3. The largest absolute Gasteiger partial charge is 0.462 e. The zero-order valence-electron chi connectivity index (χ0n) is 7.17. The monoisotopic (exact) mass is 159 g/mol. The molecule has 0 saturated carbocycles. The van der Waals surface area contributed by atoms with Gasteiger partial charge >= 0.3 is 5.97 Å². The Hall–Kier alpha value is -0.570. The maximum Gasteiger partial charge on any atom is 0.302 e. The predicted molar refractivity (Wildman–Crippen MR) is 42.3 cm³/mol. The van der Waals surface area contributed by atoms with Gasteiger partial charge in [-0.3, -0.25) is 4.79 Å². The van der Waals surface area contributed by atoms with E-state index < -0.39 is 0 Å². The van der Waals surface area contributed by atoms with Gasteiger partial charge in [-0.25, -0.2) is 0 Å². The number of ether oxygens (including phenoxy) is 1. The van der Waals surface area contributed by atoms with E-state index in [2.05, 4.69) is 11.9 Å². The van der Waals surface area contributed by atoms with Crippen molar-refractivity contribution in [2.24, 2.45) is 0 Å². The summed E-state index contributed by atoms with van der Waals surface area (Å²) in [6.45, 7) is 3.55. The number of nitrogens with zero attached hydrogens (tertiary/aromatic N) is 1. The van der Waals surface area contributed by atoms with Crippen LogP contribution in [0.2, 0.25) is 0 Å². The lowest BCUT2D eigenvalue weighted by molar-refractivity contribution is -0.148. The average Bonchev–Trinajstić information content (AvgIpc) is 1.93. The molecule has 1 rings (SSSR count). The normalized spacial score (nSPS) is 21.6. The van der Waals surface area contributed by atoms with Gasteiger partial charge in [-0.2, -0.15) is 0 Å². The molecule has 0 atom stereocenters. The highest BCUT2D eigenvalue weighted by Crippen LogP contribution is 2.11. The second-order valence-electron chi connectivity index (χ2n) is 3.11. The molecule has 0 amide bonds. The molecule has 1 heterocycles. The number of carbonyl (C=O) groups excluding carboxylic acids is 1. The van der Waals surface area contributed by atoms with Crippen molar-refractivity contribution in [1.29, 1.82) is 0 Å². The first-order chi connectivity index (χ1) is 5.18. The number of hydrogen-bond donors (Lipinski definition) is 0. The van der Waals surface area contributed by atoms with Crippen molar-refractivity contribution in [1.82, 2.24) is 4.90 Å². The fraction of sp³-hybridized carbons (Fsp3) is 0.875. The summed E-state index contributed by atoms with van der Waals surface area (Å²) in [4.78, 5) is 12.8. The van der Waals surface area contributed by atoms with Crippen molar-refractivity contribution < 1.29 is 9.53 Å². The van der Waals surface area contributed by atoms with E-state index in [9.17, 15) is 4.79 Å². The Morgan fingerprint density at radius 2 is 2.09 bits per heavy atom. The third-order valence-corrected chi connectivity index (χ3v) is 2.00. The summed E-state index contributed by atoms with van der Waals surface area (Å²) in [6.07, 6.45) is 2.13. The summed E-state index contributed by atoms with van der Waals surface area (Å²) in [6, 6.07) is 0. The van der Waals surface area contributed by atoms with Crippen molar-refractivity contribution in [3.63, 3.8) is 0 Å². The van der Waals surface area contributed by atoms with Crippen LogP contribution in [-0.2, 0) is 9.53 Å². The molecule has 3 heteroatoms. The van der Waals surface area contributed by atoms with Gasteiger partial charge in [0.05, 0.1) is 0 Å². The second-order valence-corrected chi connectivity index (χ2v) is 3.11. The molecule has 0 N–H and O–H groups in total. The Bertz CT molecular complexity index is 139. The highest BCUT2D eigenvalue weighted by atomic mass is 16.5. The zero-order valence-corrected chi connectivity index (χ0v) is 7.17. The summed E-state index contributed by atoms with van der Waals surface area (Å²) in [5.41, 5.74) is 0. The average molecular weight is 159 g/mol. The Morgan fingerprint density at radius 3 is 2.55 bits per heavy atom. The van der Waals surface area contributed by atoms with Crippen molar-refractivity contribution in [3.8, 4) is 0 Å². The van der Waals surface area contributed by atoms with Crippen LogP contribution in [0.4, 0.5) is 0 Å². The lowest BCUT2D eigenvalue weighted by Crippen LogP contribution is -2.34. The summed E-state index contributed by atoms with van der Waals surface area (Å²) < 4.78 is 5.07. The van der Waals surface area contributed by atoms with Gasteiger partial charge in [0.25, 0.3) is 0 Å². The number of carbonyl (C=O) groups is 1. The molecule has 1 aliphatic rings. The minimum Gasteiger partial charge on any atom is -0.462 e. The second kappa shape index (κ2) is 3.72. The van der Waals surface area contributed by atoms with Gasteiger partial charge in [0.1, 0.15) is 6.10 Å². The molecule has 0 unspecified atom stereocenters. The van der Waals surface area contributed by atoms with Crippen LogP contribution in [0, 0.1) is 0 Å². The molecule has 0 aromatic carbocycles. The molecule has 3 nitrogen and oxygen atoms in total. The van der Waals surface area contributed by atoms with Crippen molar-refractivity contribution in [2.75, 3.05) is 20.1 Å². The molecule has 0 radical (unpaired) electrons. The maximum absolute atomic E-state index is 10.6. The summed E-state index contributed by atoms with van der Waals surface area (Å²) in [5, 5.41) is 0. The predicted octanol–water partition coefficient (Wildman–Crippen LogP) is 0.644. The molecule has 0 aromatic heterocycles. The van der Waals surface area contributed by atoms with Crippen LogP contribution in [0.15, 0.2) is 0 Å². The first-order valence-electron chi connectivity index (χ1n) is 4.04. The van der Waals surface area contributed by atoms with Gasteiger partial charge in [-0.05, 0) is 19.9 Å². The topological polar surface area (TPSA) is 29.5 Å². The molecule has 0 aliphatic carbocycles. The Morgan fingerprint density at radius 1 is 1.55 bits per heavy atom. The van der Waals surface area contributed by atoms with Gasteiger partial charge < -0.3 is 9.64 Å². The van der Waals surface area contributed by atoms with Crippen LogP contribution in [0.1, 0.15) is 19.8 Å². The fourth-order valence-electron chi connectivity index (χ4n) is 1.34. The SMILES string of the molecule is CC(=O)OC1CCN([14CH3])CC1. The zero-order chi connectivity index (χ0) is 8.27. The smallest absolute Gasteiger partial charge is 0.302 e. The number of likely N-dealkylation sites (tertiary alicyclic amines) is 1. The molecular weight excluding hydrogens is 144 g/mol. The first kappa shape index (κ1) is 8.53. The number of esters is 1. The quantitative estimate of drug-likeness (QED) is 0.526. The minimum absolute atomic E-state index is 0.153. The Labute approximate surface area is 67.3 Å². The van der Waals surface area contributed by atoms with Crippen LogP contribution >= 0.6 is 0 Å². The van der Waals surface area contributed by atoms with Crippen molar-refractivity contribution in [3.05, 3.63) is 0 Å². The Kier molecular flexibility index (Phi) is 2.88. The molecule has 0 spiro atoms. The van der Waals surface area contributed by atoms with Gasteiger partial charge in [0.15, 0.2) is 0 Å². The molecule has 11 heavy (non-hydrogen) atoms. The molecular formula is C8H15NO2. The van der Waals surface area contributed by atoms with Gasteiger partial charge in [0, 0.05) is 20.0 Å². The molecule has 0 aromatic rings. The molecule has 1 saturated heterocycles. The van der Waals surface area contributed by atoms with E-state index in [1.54, 1.807) is 0 Å². The van der Waals surface area contributed by atoms with Crippen LogP contribution in [-0.4, -0.2) is 37.1 Å². The third-order valence-electron chi connectivity index (χ3n) is 2.00. The van der Waals surface area contributed by atoms with Gasteiger partial charge in [-0.1, -0.05) is 0 Å². The van der Waals surface area contributed by atoms with Gasteiger partial charge in [-0.15, -0.1) is 0 Å². The highest BCUT2D eigenvalue weighted by Gasteiger charge is 2.18. The van der Waals surface area contributed by atoms with Crippen LogP contribution < -0.4 is 0 Å². The summed E-state index contributed by atoms with van der Waals surface area (Å²) in [7, 11) is 2.09. The number of rotatable bonds is 1. The first-order valence-corrected chi connectivity index (χ1v) is 4.04. The lowest BCUT2D eigenvalue weighted by atomic mass is 10.1. The molecule has 64 valence electrons. The van der Waals surface area contributed by atoms with Crippen molar-refractivity contribution >= 4 is 5.97 Å². The minimum atomic E-state index is -0.153. The highest BCUT2D eigenvalue weighted by molar-refractivity contribution is 5.66. The van der Waals surface area contributed by atoms with E-state index in [0.717, 1.165) is 25.9 Å². The van der Waals surface area contributed by atoms with E-state index in [4.69, 9.17) is 4.74 Å². The molecule has 1 fully saturated rings. The van der Waals surface area contributed by atoms with Crippen molar-refractivity contribution in [2.45, 2.75) is 25.9 Å². The standard InChI is InChI=1S/C8H15NO2/c1-7(10)11-8-3-5-9(2)6-4-8/h8H,3-6H2,1-2H3/i2+2. The molecule has 0 bridgehead atoms. The van der Waals surface area contributed by atoms with E-state index >= 15 is 0 Å². The summed E-state index contributed by atoms with van der Waals surface area (Å²) in [5.74, 6) is -0.153. The summed E-state index contributed by atoms with van der Waals surface area (Å²) >= 11 is 0. The lowest BCUT2D eigenvalue weighted by Gasteiger charge is -2.28. The van der Waals surface area contributed by atoms with E-state index in [-0.39, 0.29) is 12.1 Å². The Balaban J connectivity index is 2.22. The van der Waals surface area contributed by atoms with Crippen LogP contribution in [0.25, 0.3) is 0 Å². The van der Waals surface area contributed by atoms with Gasteiger partial charge in [0.2, 0.25) is 0 Å². The van der Waals surface area contributed by atoms with Crippen LogP contribution in [0.3, 0.4) is 0 Å². The van der Waals surface area contributed by atoms with E-state index in [1.165, 1.54) is 6.92 Å². The fourth-order valence-corrected chi connectivity index (χ4v) is 1.34. The number of piperidine rings is 1. The van der Waals surface area contributed by atoms with E-state index in [1.807, 2.05) is 0 Å². The molecule has 1 aliphatic heterocycles. The van der Waals surface area contributed by atoms with Crippen LogP contribution in [0.5, 0.6) is 0 Å². The third kappa shape index (κ3) is 2.89. The van der Waals surface area contributed by atoms with E-state index in [0.29, 0.717) is 0 Å².